The van der Waals surface area contributed by atoms with Gasteiger partial charge in [0.2, 0.25) is 5.91 Å². The maximum absolute atomic E-state index is 12.3. The number of nitrogens with one attached hydrogen (secondary N) is 1. The molecule has 0 atom stereocenters. The Labute approximate surface area is 160 Å². The largest absolute Gasteiger partial charge is 0.340 e. The summed E-state index contributed by atoms with van der Waals surface area (Å²) in [5.74, 6) is -0.118. The third-order valence-corrected chi connectivity index (χ3v) is 4.83. The molecule has 0 saturated heterocycles. The first-order valence-electron chi connectivity index (χ1n) is 9.08. The molecule has 0 unspecified atom stereocenters. The van der Waals surface area contributed by atoms with Gasteiger partial charge in [-0.2, -0.15) is 5.10 Å². The topological polar surface area (TPSA) is 46.4 Å². The maximum atomic E-state index is 12.3. The van der Waals surface area contributed by atoms with Gasteiger partial charge in [-0.15, -0.1) is 6.58 Å². The zero-order chi connectivity index (χ0) is 19.4. The van der Waals surface area contributed by atoms with Crippen LogP contribution in [0.2, 0.25) is 0 Å². The molecule has 0 aliphatic heterocycles. The number of benzene rings is 2. The summed E-state index contributed by atoms with van der Waals surface area (Å²) in [5, 5.41) is 5.33. The van der Waals surface area contributed by atoms with E-state index in [4.69, 9.17) is 0 Å². The lowest BCUT2D eigenvalue weighted by Gasteiger charge is -2.06. The highest BCUT2D eigenvalue weighted by Crippen LogP contribution is 2.24. The van der Waals surface area contributed by atoms with Crippen LogP contribution in [0.25, 0.3) is 10.9 Å². The van der Waals surface area contributed by atoms with Crippen LogP contribution in [-0.2, 0) is 17.8 Å². The van der Waals surface area contributed by atoms with Crippen molar-refractivity contribution in [3.05, 3.63) is 83.1 Å². The summed E-state index contributed by atoms with van der Waals surface area (Å²) in [7, 11) is 0. The average Bonchev–Trinajstić information content (AvgIpc) is 2.91. The van der Waals surface area contributed by atoms with E-state index in [0.29, 0.717) is 6.42 Å². The van der Waals surface area contributed by atoms with Gasteiger partial charge in [0, 0.05) is 28.7 Å². The van der Waals surface area contributed by atoms with Gasteiger partial charge in [-0.1, -0.05) is 48.0 Å². The number of aryl methyl sites for hydroxylation is 2. The normalized spacial score (nSPS) is 11.2. The van der Waals surface area contributed by atoms with Gasteiger partial charge in [0.15, 0.2) is 0 Å². The van der Waals surface area contributed by atoms with Crippen LogP contribution in [0.1, 0.15) is 27.9 Å². The van der Waals surface area contributed by atoms with Crippen LogP contribution < -0.4 is 5.43 Å². The summed E-state index contributed by atoms with van der Waals surface area (Å²) in [6.45, 7) is 10.7. The molecule has 0 radical (unpaired) electrons. The molecule has 3 aromatic rings. The fourth-order valence-corrected chi connectivity index (χ4v) is 3.36. The number of amides is 1. The van der Waals surface area contributed by atoms with Gasteiger partial charge in [0.05, 0.1) is 12.6 Å². The van der Waals surface area contributed by atoms with Gasteiger partial charge in [-0.25, -0.2) is 5.43 Å². The Morgan fingerprint density at radius 3 is 2.74 bits per heavy atom. The number of carbonyl (C=O) groups is 1. The van der Waals surface area contributed by atoms with Crippen LogP contribution >= 0.6 is 0 Å². The third-order valence-electron chi connectivity index (χ3n) is 4.83. The third kappa shape index (κ3) is 4.00. The van der Waals surface area contributed by atoms with Crippen LogP contribution in [0.4, 0.5) is 0 Å². The van der Waals surface area contributed by atoms with Crippen LogP contribution in [-0.4, -0.2) is 16.7 Å². The van der Waals surface area contributed by atoms with E-state index in [1.54, 1.807) is 6.21 Å². The number of hydrogen-bond acceptors (Lipinski definition) is 2. The van der Waals surface area contributed by atoms with Crippen LogP contribution in [0.3, 0.4) is 0 Å². The molecule has 0 saturated carbocycles. The fourth-order valence-electron chi connectivity index (χ4n) is 3.36. The second-order valence-electron chi connectivity index (χ2n) is 6.82. The summed E-state index contributed by atoms with van der Waals surface area (Å²) in [4.78, 5) is 12.3. The lowest BCUT2D eigenvalue weighted by atomic mass is 10.0. The number of allylic oxidation sites excluding steroid dienone is 1. The van der Waals surface area contributed by atoms with Gasteiger partial charge in [0.1, 0.15) is 0 Å². The molecule has 0 bridgehead atoms. The van der Waals surface area contributed by atoms with Crippen LogP contribution in [0.15, 0.2) is 60.2 Å². The number of hydrazone groups is 1. The van der Waals surface area contributed by atoms with E-state index < -0.39 is 0 Å². The Balaban J connectivity index is 1.78. The van der Waals surface area contributed by atoms with Gasteiger partial charge < -0.3 is 4.57 Å². The van der Waals surface area contributed by atoms with Gasteiger partial charge in [-0.3, -0.25) is 4.79 Å². The molecule has 2 aromatic carbocycles. The van der Waals surface area contributed by atoms with Gasteiger partial charge in [-0.05, 0) is 38.0 Å². The van der Waals surface area contributed by atoms with Crippen molar-refractivity contribution in [3.8, 4) is 0 Å². The number of para-hydroxylation sites is 1. The Bertz CT molecular complexity index is 1030. The zero-order valence-corrected chi connectivity index (χ0v) is 16.1. The second-order valence-corrected chi connectivity index (χ2v) is 6.82. The molecule has 0 aliphatic carbocycles. The number of aromatic nitrogens is 1. The van der Waals surface area contributed by atoms with Crippen molar-refractivity contribution in [2.45, 2.75) is 33.7 Å². The molecule has 138 valence electrons. The van der Waals surface area contributed by atoms with E-state index in [2.05, 4.69) is 46.8 Å². The van der Waals surface area contributed by atoms with Crippen molar-refractivity contribution < 1.29 is 4.79 Å². The molecule has 4 nitrogen and oxygen atoms in total. The van der Waals surface area contributed by atoms with Gasteiger partial charge in [0.25, 0.3) is 0 Å². The van der Waals surface area contributed by atoms with E-state index in [1.807, 2.05) is 44.2 Å². The van der Waals surface area contributed by atoms with Crippen molar-refractivity contribution in [3.63, 3.8) is 0 Å². The number of fused-ring (bicyclic) bond motifs is 1. The van der Waals surface area contributed by atoms with Crippen molar-refractivity contribution in [2.75, 3.05) is 0 Å². The predicted octanol–water partition coefficient (Wildman–Crippen LogP) is 4.45. The molecule has 1 aromatic heterocycles. The number of hydrogen-bond donors (Lipinski definition) is 1. The van der Waals surface area contributed by atoms with Crippen molar-refractivity contribution in [2.24, 2.45) is 5.10 Å². The Morgan fingerprint density at radius 2 is 1.96 bits per heavy atom. The first-order valence-corrected chi connectivity index (χ1v) is 9.08. The number of rotatable bonds is 6. The predicted molar refractivity (Wildman–Crippen MR) is 112 cm³/mol. The standard InChI is InChI=1S/C23H25N3O/c1-5-12-26-18(4)21(20-8-6-7-9-22(20)26)15-24-25-23(27)14-19-13-16(2)10-11-17(19)3/h5-11,13,15H,1,12,14H2,2-4H3,(H,25,27)/b24-15-. The number of carbonyl (C=O) groups excluding carboxylic acids is 1. The van der Waals surface area contributed by atoms with Crippen molar-refractivity contribution >= 4 is 23.0 Å². The summed E-state index contributed by atoms with van der Waals surface area (Å²) in [5.41, 5.74) is 9.21. The average molecular weight is 359 g/mol. The molecule has 0 spiro atoms. The van der Waals surface area contributed by atoms with E-state index in [9.17, 15) is 4.79 Å². The Hall–Kier alpha value is -3.14. The van der Waals surface area contributed by atoms with Crippen molar-refractivity contribution in [1.29, 1.82) is 0 Å². The summed E-state index contributed by atoms with van der Waals surface area (Å²) >= 11 is 0. The summed E-state index contributed by atoms with van der Waals surface area (Å²) < 4.78 is 2.20. The maximum Gasteiger partial charge on any atom is 0.244 e. The molecular weight excluding hydrogens is 334 g/mol. The first kappa shape index (κ1) is 18.6. The van der Waals surface area contributed by atoms with E-state index in [-0.39, 0.29) is 5.91 Å². The molecule has 0 fully saturated rings. The minimum absolute atomic E-state index is 0.118. The highest BCUT2D eigenvalue weighted by molar-refractivity contribution is 6.01. The lowest BCUT2D eigenvalue weighted by Crippen LogP contribution is -2.20. The molecule has 3 rings (SSSR count). The fraction of sp³-hybridized carbons (Fsp3) is 0.217. The van der Waals surface area contributed by atoms with Gasteiger partial charge >= 0.3 is 0 Å². The SMILES string of the molecule is C=CCn1c(C)c(/C=N\NC(=O)Cc2cc(C)ccc2C)c2ccccc21. The molecule has 1 heterocycles. The Morgan fingerprint density at radius 1 is 1.19 bits per heavy atom. The molecule has 27 heavy (non-hydrogen) atoms. The van der Waals surface area contributed by atoms with Crippen LogP contribution in [0, 0.1) is 20.8 Å². The molecule has 4 heteroatoms. The van der Waals surface area contributed by atoms with E-state index in [1.165, 1.54) is 0 Å². The zero-order valence-electron chi connectivity index (χ0n) is 16.1. The number of nitrogens with zero attached hydrogens (tertiary/aromatic N) is 2. The highest BCUT2D eigenvalue weighted by atomic mass is 16.2. The first-order chi connectivity index (χ1) is 13.0. The molecular formula is C23H25N3O. The molecule has 0 aliphatic rings. The van der Waals surface area contributed by atoms with Crippen LogP contribution in [0.5, 0.6) is 0 Å². The lowest BCUT2D eigenvalue weighted by molar-refractivity contribution is -0.120. The second kappa shape index (κ2) is 8.04. The van der Waals surface area contributed by atoms with E-state index >= 15 is 0 Å². The quantitative estimate of drug-likeness (QED) is 0.395. The van der Waals surface area contributed by atoms with Crippen molar-refractivity contribution in [1.82, 2.24) is 9.99 Å². The summed E-state index contributed by atoms with van der Waals surface area (Å²) in [6, 6.07) is 14.3. The monoisotopic (exact) mass is 359 g/mol. The highest BCUT2D eigenvalue weighted by Gasteiger charge is 2.11. The molecule has 1 amide bonds. The Kier molecular flexibility index (Phi) is 5.55. The summed E-state index contributed by atoms with van der Waals surface area (Å²) in [6.07, 6.45) is 3.94. The smallest absolute Gasteiger partial charge is 0.244 e. The van der Waals surface area contributed by atoms with E-state index in [0.717, 1.165) is 45.4 Å². The molecule has 1 N–H and O–H groups in total. The minimum atomic E-state index is -0.118. The minimum Gasteiger partial charge on any atom is -0.340 e.